The second-order valence-electron chi connectivity index (χ2n) is 25.5. The highest BCUT2D eigenvalue weighted by Crippen LogP contribution is 2.55. The summed E-state index contributed by atoms with van der Waals surface area (Å²) >= 11 is 3.50. The number of ether oxygens (including phenoxy) is 8. The minimum Gasteiger partial charge on any atom is -0.458 e. The topological polar surface area (TPSA) is 155 Å². The summed E-state index contributed by atoms with van der Waals surface area (Å²) in [6.45, 7) is 29.2. The first-order valence-electron chi connectivity index (χ1n) is 29.0. The quantitative estimate of drug-likeness (QED) is 0.0638. The Morgan fingerprint density at radius 1 is 0.883 bits per heavy atom. The molecule has 6 bridgehead atoms. The zero-order valence-electron chi connectivity index (χ0n) is 47.2. The van der Waals surface area contributed by atoms with E-state index in [1.807, 2.05) is 24.3 Å². The lowest BCUT2D eigenvalue weighted by molar-refractivity contribution is -0.293. The highest BCUT2D eigenvalue weighted by Gasteiger charge is 2.69. The van der Waals surface area contributed by atoms with Gasteiger partial charge in [0.2, 0.25) is 0 Å². The molecule has 8 heterocycles. The molecule has 0 amide bonds. The molecule has 2 aromatic carbocycles. The van der Waals surface area contributed by atoms with Gasteiger partial charge in [0.1, 0.15) is 36.6 Å². The van der Waals surface area contributed by atoms with Gasteiger partial charge in [-0.15, -0.1) is 0 Å². The van der Waals surface area contributed by atoms with Crippen molar-refractivity contribution in [2.24, 2.45) is 23.7 Å². The summed E-state index contributed by atoms with van der Waals surface area (Å²) < 4.78 is 93.3. The van der Waals surface area contributed by atoms with Gasteiger partial charge in [0, 0.05) is 44.6 Å². The summed E-state index contributed by atoms with van der Waals surface area (Å²) in [5.74, 6) is -1.92. The van der Waals surface area contributed by atoms with Crippen LogP contribution in [-0.2, 0) is 52.2 Å². The number of carbonyl (C=O) groups excluding carboxylic acids is 1. The lowest BCUT2D eigenvalue weighted by Crippen LogP contribution is -2.62. The van der Waals surface area contributed by atoms with Crippen LogP contribution in [0.3, 0.4) is 0 Å². The Morgan fingerprint density at radius 2 is 1.56 bits per heavy atom. The monoisotopic (exact) mass is 1170 g/mol. The predicted octanol–water partition coefficient (Wildman–Crippen LogP) is 11.8. The third-order valence-corrected chi connectivity index (χ3v) is 25.9. The molecule has 77 heavy (non-hydrogen) atoms. The van der Waals surface area contributed by atoms with Gasteiger partial charge in [-0.3, -0.25) is 0 Å². The predicted molar refractivity (Wildman–Crippen MR) is 302 cm³/mol. The van der Waals surface area contributed by atoms with Gasteiger partial charge in [0.15, 0.2) is 23.9 Å². The van der Waals surface area contributed by atoms with E-state index in [1.54, 1.807) is 36.4 Å². The molecule has 8 fully saturated rings. The number of fused-ring (bicyclic) bond motifs is 1. The van der Waals surface area contributed by atoms with Crippen molar-refractivity contribution < 1.29 is 60.6 Å². The highest BCUT2D eigenvalue weighted by atomic mass is 79.9. The van der Waals surface area contributed by atoms with E-state index in [4.69, 9.17) is 42.3 Å². The minimum atomic E-state index is -4.18. The van der Waals surface area contributed by atoms with Crippen molar-refractivity contribution in [1.29, 1.82) is 0 Å². The number of sulfone groups is 1. The van der Waals surface area contributed by atoms with Gasteiger partial charge in [0.25, 0.3) is 0 Å². The molecule has 8 aliphatic heterocycles. The number of unbranched alkanes of at least 4 members (excludes halogenated alkanes) is 1. The molecule has 16 heteroatoms. The van der Waals surface area contributed by atoms with Gasteiger partial charge in [0.05, 0.1) is 64.5 Å². The average molecular weight is 1170 g/mol. The van der Waals surface area contributed by atoms with Crippen LogP contribution in [0, 0.1) is 23.7 Å². The zero-order valence-corrected chi connectivity index (χ0v) is 50.6. The Balaban J connectivity index is 0.967. The van der Waals surface area contributed by atoms with Crippen molar-refractivity contribution in [2.45, 2.75) is 251 Å². The van der Waals surface area contributed by atoms with E-state index in [2.05, 4.69) is 90.6 Å². The Kier molecular flexibility index (Phi) is 18.7. The molecule has 13 nitrogen and oxygen atoms in total. The van der Waals surface area contributed by atoms with Crippen molar-refractivity contribution >= 4 is 40.1 Å². The maximum atomic E-state index is 15.6. The fourth-order valence-corrected chi connectivity index (χ4v) is 17.1. The first kappa shape index (κ1) is 59.3. The Morgan fingerprint density at radius 3 is 2.25 bits per heavy atom. The van der Waals surface area contributed by atoms with Gasteiger partial charge in [-0.05, 0) is 109 Å². The summed E-state index contributed by atoms with van der Waals surface area (Å²) in [6.07, 6.45) is 1.89. The molecule has 20 atom stereocenters. The largest absolute Gasteiger partial charge is 0.458 e. The number of benzene rings is 2. The fourth-order valence-electron chi connectivity index (χ4n) is 13.4. The van der Waals surface area contributed by atoms with Gasteiger partial charge in [-0.1, -0.05) is 127 Å². The average Bonchev–Trinajstić information content (AvgIpc) is 3.99. The lowest BCUT2D eigenvalue weighted by atomic mass is 9.78. The third-order valence-electron chi connectivity index (χ3n) is 18.8. The van der Waals surface area contributed by atoms with Crippen molar-refractivity contribution in [3.05, 3.63) is 89.4 Å². The number of esters is 1. The first-order chi connectivity index (χ1) is 36.5. The van der Waals surface area contributed by atoms with E-state index < -0.39 is 83.8 Å². The molecule has 1 N–H and O–H groups in total. The third kappa shape index (κ3) is 13.0. The van der Waals surface area contributed by atoms with E-state index in [0.717, 1.165) is 31.3 Å². The summed E-state index contributed by atoms with van der Waals surface area (Å²) in [4.78, 5) is 13.4. The van der Waals surface area contributed by atoms with Crippen LogP contribution in [-0.4, -0.2) is 131 Å². The molecule has 8 aliphatic rings. The summed E-state index contributed by atoms with van der Waals surface area (Å²) in [5, 5.41) is 11.8. The summed E-state index contributed by atoms with van der Waals surface area (Å²) in [5.41, 5.74) is 1.48. The van der Waals surface area contributed by atoms with Crippen LogP contribution in [0.4, 0.5) is 0 Å². The minimum absolute atomic E-state index is 0.0572. The van der Waals surface area contributed by atoms with Gasteiger partial charge < -0.3 is 47.4 Å². The smallest absolute Gasteiger partial charge is 0.338 e. The molecule has 0 spiro atoms. The van der Waals surface area contributed by atoms with Crippen molar-refractivity contribution in [3.63, 3.8) is 0 Å². The van der Waals surface area contributed by atoms with Crippen molar-refractivity contribution in [1.82, 2.24) is 0 Å². The van der Waals surface area contributed by atoms with Crippen LogP contribution >= 0.6 is 15.9 Å². The fraction of sp³-hybridized carbons (Fsp3) is 0.721. The standard InChI is InChI=1S/C61H89BrO13SSi/c1-12-13-22-42-30-37(3)39(5)49(68-42)33-50-52(40(6)48(71-50)29-36(2)35-67-77(10,11)60(7,8)9)58(76(65,66)45-23-18-15-19-24-45)46(63)32-43-25-26-47-53(69-43)57-56-55(72-47)54-51(73-56)34-61(74-54,75-57)28-27-44(31-38(4)62)70-59(64)41-20-16-14-17-21-41/h14-21,23-24,36-37,40,42-44,46-58,63H,4-5,12-13,22,25-35H2,1-3,6-11H3/t36-,37+,40-,42-,43+,44+,46?,47-,48+,49+,50?,51+,52+,53-,54?,55-,56+,57-,58?,61-/m0/s1. The van der Waals surface area contributed by atoms with Crippen LogP contribution in [0.25, 0.3) is 0 Å². The molecule has 0 aromatic heterocycles. The van der Waals surface area contributed by atoms with Crippen molar-refractivity contribution in [3.8, 4) is 0 Å². The maximum Gasteiger partial charge on any atom is 0.338 e. The normalized spacial score (nSPS) is 36.5. The van der Waals surface area contributed by atoms with Crippen molar-refractivity contribution in [2.75, 3.05) is 6.61 Å². The van der Waals surface area contributed by atoms with Gasteiger partial charge >= 0.3 is 5.97 Å². The van der Waals surface area contributed by atoms with Crippen LogP contribution in [0.1, 0.15) is 142 Å². The highest BCUT2D eigenvalue weighted by molar-refractivity contribution is 9.11. The molecular formula is C61H89BrO13SSi. The number of rotatable bonds is 23. The molecule has 0 saturated carbocycles. The van der Waals surface area contributed by atoms with Crippen LogP contribution in [0.2, 0.25) is 18.1 Å². The Bertz CT molecular complexity index is 2460. The molecule has 2 aromatic rings. The Labute approximate surface area is 469 Å². The molecule has 0 radical (unpaired) electrons. The molecular weight excluding hydrogens is 1080 g/mol. The summed E-state index contributed by atoms with van der Waals surface area (Å²) in [7, 11) is -6.22. The zero-order chi connectivity index (χ0) is 55.2. The Hall–Kier alpha value is -2.32. The molecule has 0 aliphatic carbocycles. The van der Waals surface area contributed by atoms with E-state index in [1.165, 1.54) is 0 Å². The van der Waals surface area contributed by atoms with E-state index in [0.29, 0.717) is 68.0 Å². The number of halogens is 1. The van der Waals surface area contributed by atoms with Gasteiger partial charge in [-0.25, -0.2) is 13.2 Å². The number of aliphatic hydroxyl groups is 1. The van der Waals surface area contributed by atoms with Crippen LogP contribution in [0.5, 0.6) is 0 Å². The summed E-state index contributed by atoms with van der Waals surface area (Å²) in [6, 6.07) is 17.5. The number of hydrogen-bond acceptors (Lipinski definition) is 13. The number of hydrogen-bond donors (Lipinski definition) is 1. The van der Waals surface area contributed by atoms with E-state index in [9.17, 15) is 9.90 Å². The molecule has 428 valence electrons. The number of aliphatic hydroxyl groups excluding tert-OH is 1. The van der Waals surface area contributed by atoms with E-state index in [-0.39, 0.29) is 76.8 Å². The van der Waals surface area contributed by atoms with E-state index >= 15 is 8.42 Å². The SMILES string of the molecule is C=C(Br)C[C@@H](CC[C@@]12C[C@H]3O[C@H]4[C@@H](O1)[C@H]1O[C@@H](CC(O)C([C@H]5C(C[C@H]6O[C@@H](CCCC)C[C@@H](C)C6=C)O[C@H](C[C@H](C)CO[Si](C)(C)C(C)(C)C)[C@@H]5C)S(=O)(=O)c5ccccc5)CC[C@@H]1O[C@H]4C3O2)OC(=O)c1ccccc1. The number of carbonyl (C=O) groups is 1. The second-order valence-corrected chi connectivity index (χ2v) is 33.6. The second kappa shape index (κ2) is 24.3. The first-order valence-corrected chi connectivity index (χ1v) is 34.2. The molecule has 10 rings (SSSR count). The van der Waals surface area contributed by atoms with Crippen LogP contribution in [0.15, 0.2) is 88.8 Å². The van der Waals surface area contributed by atoms with Crippen LogP contribution < -0.4 is 0 Å². The molecule has 8 saturated heterocycles. The van der Waals surface area contributed by atoms with Gasteiger partial charge in [-0.2, -0.15) is 0 Å². The maximum absolute atomic E-state index is 15.6. The molecule has 4 unspecified atom stereocenters. The lowest BCUT2D eigenvalue weighted by Gasteiger charge is -2.48.